The van der Waals surface area contributed by atoms with Crippen molar-refractivity contribution in [2.45, 2.75) is 50.0 Å². The molecule has 0 unspecified atom stereocenters. The number of hydrogen-bond acceptors (Lipinski definition) is 3. The molecule has 0 bridgehead atoms. The lowest BCUT2D eigenvalue weighted by Gasteiger charge is -2.10. The van der Waals surface area contributed by atoms with E-state index in [9.17, 15) is 0 Å². The van der Waals surface area contributed by atoms with Gasteiger partial charge in [0.15, 0.2) is 0 Å². The molecule has 3 nitrogen and oxygen atoms in total. The minimum atomic E-state index is 0.149. The van der Waals surface area contributed by atoms with E-state index < -0.39 is 0 Å². The third kappa shape index (κ3) is 2.02. The van der Waals surface area contributed by atoms with E-state index in [1.165, 1.54) is 36.9 Å². The topological polar surface area (TPSA) is 51.8 Å². The van der Waals surface area contributed by atoms with Crippen molar-refractivity contribution in [1.29, 1.82) is 0 Å². The second kappa shape index (κ2) is 3.27. The first-order chi connectivity index (χ1) is 7.27. The third-order valence-electron chi connectivity index (χ3n) is 3.57. The monoisotopic (exact) mass is 203 g/mol. The van der Waals surface area contributed by atoms with Gasteiger partial charge in [-0.1, -0.05) is 0 Å². The van der Waals surface area contributed by atoms with Crippen LogP contribution >= 0.6 is 0 Å². The number of aromatic nitrogens is 2. The van der Waals surface area contributed by atoms with Crippen LogP contribution in [0.25, 0.3) is 0 Å². The van der Waals surface area contributed by atoms with Crippen molar-refractivity contribution in [2.75, 3.05) is 0 Å². The Hall–Kier alpha value is -0.960. The summed E-state index contributed by atoms with van der Waals surface area (Å²) in [5.74, 6) is 0.718. The lowest BCUT2D eigenvalue weighted by Crippen LogP contribution is -2.22. The first kappa shape index (κ1) is 9.28. The Morgan fingerprint density at radius 1 is 1.40 bits per heavy atom. The normalized spacial score (nSPS) is 22.7. The molecule has 0 saturated heterocycles. The van der Waals surface area contributed by atoms with Gasteiger partial charge in [0, 0.05) is 17.7 Å². The quantitative estimate of drug-likeness (QED) is 0.811. The Morgan fingerprint density at radius 2 is 2.20 bits per heavy atom. The molecule has 1 heterocycles. The molecule has 0 radical (unpaired) electrons. The Bertz CT molecular complexity index is 367. The fourth-order valence-corrected chi connectivity index (χ4v) is 2.08. The molecule has 1 aromatic rings. The molecule has 0 atom stereocenters. The number of nitrogens with zero attached hydrogens (tertiary/aromatic N) is 2. The first-order valence-electron chi connectivity index (χ1n) is 5.84. The van der Waals surface area contributed by atoms with E-state index in [2.05, 4.69) is 9.97 Å². The van der Waals surface area contributed by atoms with Crippen LogP contribution in [-0.4, -0.2) is 15.5 Å². The standard InChI is InChI=1S/C12H17N3/c13-12(5-6-12)4-3-10-7-14-8-15-11(10)9-1-2-9/h7-9H,1-6,13H2. The summed E-state index contributed by atoms with van der Waals surface area (Å²) in [4.78, 5) is 8.53. The van der Waals surface area contributed by atoms with Crippen LogP contribution in [-0.2, 0) is 6.42 Å². The van der Waals surface area contributed by atoms with E-state index in [-0.39, 0.29) is 5.54 Å². The third-order valence-corrected chi connectivity index (χ3v) is 3.57. The zero-order chi connectivity index (χ0) is 10.3. The summed E-state index contributed by atoms with van der Waals surface area (Å²) in [6.45, 7) is 0. The van der Waals surface area contributed by atoms with Gasteiger partial charge in [-0.25, -0.2) is 9.97 Å². The smallest absolute Gasteiger partial charge is 0.115 e. The van der Waals surface area contributed by atoms with Crippen LogP contribution in [0.4, 0.5) is 0 Å². The zero-order valence-corrected chi connectivity index (χ0v) is 8.95. The Morgan fingerprint density at radius 3 is 2.87 bits per heavy atom. The van der Waals surface area contributed by atoms with Gasteiger partial charge in [0.25, 0.3) is 0 Å². The van der Waals surface area contributed by atoms with E-state index in [1.54, 1.807) is 6.33 Å². The Kier molecular flexibility index (Phi) is 2.02. The summed E-state index contributed by atoms with van der Waals surface area (Å²) < 4.78 is 0. The SMILES string of the molecule is NC1(CCc2cncnc2C2CC2)CC1. The van der Waals surface area contributed by atoms with Gasteiger partial charge in [0.05, 0.1) is 5.69 Å². The second-order valence-electron chi connectivity index (χ2n) is 5.07. The van der Waals surface area contributed by atoms with Crippen LogP contribution in [0.5, 0.6) is 0 Å². The predicted octanol–water partition coefficient (Wildman–Crippen LogP) is 1.78. The molecule has 2 saturated carbocycles. The molecule has 0 amide bonds. The fourth-order valence-electron chi connectivity index (χ4n) is 2.08. The van der Waals surface area contributed by atoms with Gasteiger partial charge in [-0.05, 0) is 44.1 Å². The molecule has 2 N–H and O–H groups in total. The summed E-state index contributed by atoms with van der Waals surface area (Å²) in [5, 5.41) is 0. The molecule has 0 aliphatic heterocycles. The molecule has 2 fully saturated rings. The number of aryl methyl sites for hydroxylation is 1. The van der Waals surface area contributed by atoms with Crippen molar-refractivity contribution in [3.05, 3.63) is 23.8 Å². The average molecular weight is 203 g/mol. The highest BCUT2D eigenvalue weighted by Gasteiger charge is 2.38. The molecule has 1 aromatic heterocycles. The summed E-state index contributed by atoms with van der Waals surface area (Å²) in [7, 11) is 0. The van der Waals surface area contributed by atoms with Gasteiger partial charge < -0.3 is 5.73 Å². The lowest BCUT2D eigenvalue weighted by molar-refractivity contribution is 0.604. The number of nitrogens with two attached hydrogens (primary N) is 1. The van der Waals surface area contributed by atoms with Crippen molar-refractivity contribution >= 4 is 0 Å². The van der Waals surface area contributed by atoms with Gasteiger partial charge in [-0.15, -0.1) is 0 Å². The van der Waals surface area contributed by atoms with Crippen molar-refractivity contribution in [3.8, 4) is 0 Å². The average Bonchev–Trinajstić information content (AvgIpc) is 3.11. The molecule has 15 heavy (non-hydrogen) atoms. The second-order valence-corrected chi connectivity index (χ2v) is 5.07. The first-order valence-corrected chi connectivity index (χ1v) is 5.84. The largest absolute Gasteiger partial charge is 0.325 e. The molecule has 2 aliphatic rings. The fraction of sp³-hybridized carbons (Fsp3) is 0.667. The molecule has 3 rings (SSSR count). The molecular weight excluding hydrogens is 186 g/mol. The minimum absolute atomic E-state index is 0.149. The summed E-state index contributed by atoms with van der Waals surface area (Å²) >= 11 is 0. The van der Waals surface area contributed by atoms with E-state index in [4.69, 9.17) is 5.73 Å². The maximum atomic E-state index is 6.10. The predicted molar refractivity (Wildman–Crippen MR) is 58.5 cm³/mol. The summed E-state index contributed by atoms with van der Waals surface area (Å²) in [6.07, 6.45) is 10.8. The van der Waals surface area contributed by atoms with Crippen LogP contribution in [0.1, 0.15) is 49.3 Å². The molecule has 2 aliphatic carbocycles. The highest BCUT2D eigenvalue weighted by molar-refractivity contribution is 5.24. The van der Waals surface area contributed by atoms with Crippen LogP contribution in [0, 0.1) is 0 Å². The van der Waals surface area contributed by atoms with Crippen LogP contribution in [0.15, 0.2) is 12.5 Å². The highest BCUT2D eigenvalue weighted by atomic mass is 14.8. The molecule has 0 aromatic carbocycles. The van der Waals surface area contributed by atoms with Gasteiger partial charge >= 0.3 is 0 Å². The maximum absolute atomic E-state index is 6.10. The van der Waals surface area contributed by atoms with Crippen molar-refractivity contribution in [3.63, 3.8) is 0 Å². The lowest BCUT2D eigenvalue weighted by atomic mass is 10.0. The molecular formula is C12H17N3. The minimum Gasteiger partial charge on any atom is -0.325 e. The van der Waals surface area contributed by atoms with E-state index in [0.717, 1.165) is 18.8 Å². The van der Waals surface area contributed by atoms with E-state index >= 15 is 0 Å². The number of hydrogen-bond donors (Lipinski definition) is 1. The maximum Gasteiger partial charge on any atom is 0.115 e. The van der Waals surface area contributed by atoms with Gasteiger partial charge in [-0.2, -0.15) is 0 Å². The number of rotatable bonds is 4. The summed E-state index contributed by atoms with van der Waals surface area (Å²) in [5.41, 5.74) is 8.86. The van der Waals surface area contributed by atoms with E-state index in [0.29, 0.717) is 0 Å². The van der Waals surface area contributed by atoms with Crippen LogP contribution < -0.4 is 5.73 Å². The van der Waals surface area contributed by atoms with Gasteiger partial charge in [-0.3, -0.25) is 0 Å². The Balaban J connectivity index is 1.72. The highest BCUT2D eigenvalue weighted by Crippen LogP contribution is 2.42. The van der Waals surface area contributed by atoms with Crippen LogP contribution in [0.3, 0.4) is 0 Å². The van der Waals surface area contributed by atoms with Crippen LogP contribution in [0.2, 0.25) is 0 Å². The summed E-state index contributed by atoms with van der Waals surface area (Å²) in [6, 6.07) is 0. The van der Waals surface area contributed by atoms with Crippen molar-refractivity contribution in [1.82, 2.24) is 9.97 Å². The Labute approximate surface area is 90.1 Å². The van der Waals surface area contributed by atoms with Crippen molar-refractivity contribution < 1.29 is 0 Å². The molecule has 0 spiro atoms. The van der Waals surface area contributed by atoms with Gasteiger partial charge in [0.2, 0.25) is 0 Å². The van der Waals surface area contributed by atoms with E-state index in [1.807, 2.05) is 6.20 Å². The zero-order valence-electron chi connectivity index (χ0n) is 8.95. The molecule has 80 valence electrons. The van der Waals surface area contributed by atoms with Crippen molar-refractivity contribution in [2.24, 2.45) is 5.73 Å². The molecule has 3 heteroatoms. The van der Waals surface area contributed by atoms with Gasteiger partial charge in [0.1, 0.15) is 6.33 Å².